The number of hydrogen-bond acceptors (Lipinski definition) is 5. The van der Waals surface area contributed by atoms with Gasteiger partial charge in [0.1, 0.15) is 5.82 Å². The largest absolute Gasteiger partial charge is 0.366 e. The third-order valence-electron chi connectivity index (χ3n) is 3.44. The Morgan fingerprint density at radius 3 is 2.46 bits per heavy atom. The van der Waals surface area contributed by atoms with Gasteiger partial charge in [0.25, 0.3) is 0 Å². The van der Waals surface area contributed by atoms with Gasteiger partial charge in [0.15, 0.2) is 0 Å². The standard InChI is InChI=1S/C19H17N5/c1-14-11-18(21-13-16-5-3-2-4-6-16)24-19(22-14)23-17-9-7-15(12-20)8-10-17/h2-11H,13H2,1H3,(H2,21,22,23,24). The predicted octanol–water partition coefficient (Wildman–Crippen LogP) is 4.01. The fourth-order valence-electron chi connectivity index (χ4n) is 2.26. The van der Waals surface area contributed by atoms with Crippen LogP contribution in [-0.4, -0.2) is 9.97 Å². The lowest BCUT2D eigenvalue weighted by Crippen LogP contribution is -2.05. The van der Waals surface area contributed by atoms with E-state index in [9.17, 15) is 0 Å². The van der Waals surface area contributed by atoms with Crippen LogP contribution in [-0.2, 0) is 6.54 Å². The average molecular weight is 315 g/mol. The van der Waals surface area contributed by atoms with Gasteiger partial charge in [-0.2, -0.15) is 10.2 Å². The zero-order valence-corrected chi connectivity index (χ0v) is 13.3. The number of nitrogens with one attached hydrogen (secondary N) is 2. The van der Waals surface area contributed by atoms with E-state index >= 15 is 0 Å². The minimum atomic E-state index is 0.523. The second kappa shape index (κ2) is 7.25. The van der Waals surface area contributed by atoms with Gasteiger partial charge in [-0.05, 0) is 36.8 Å². The van der Waals surface area contributed by atoms with Crippen LogP contribution in [0, 0.1) is 18.3 Å². The van der Waals surface area contributed by atoms with Gasteiger partial charge in [0.2, 0.25) is 5.95 Å². The van der Waals surface area contributed by atoms with E-state index in [1.54, 1.807) is 12.1 Å². The van der Waals surface area contributed by atoms with E-state index in [-0.39, 0.29) is 0 Å². The molecular weight excluding hydrogens is 298 g/mol. The Balaban J connectivity index is 1.72. The number of aromatic nitrogens is 2. The maximum atomic E-state index is 8.84. The van der Waals surface area contributed by atoms with Crippen LogP contribution in [0.2, 0.25) is 0 Å². The summed E-state index contributed by atoms with van der Waals surface area (Å²) in [6.07, 6.45) is 0. The van der Waals surface area contributed by atoms with Crippen molar-refractivity contribution in [3.63, 3.8) is 0 Å². The molecule has 0 aliphatic heterocycles. The summed E-state index contributed by atoms with van der Waals surface area (Å²) in [5, 5.41) is 15.3. The van der Waals surface area contributed by atoms with Crippen molar-refractivity contribution >= 4 is 17.5 Å². The van der Waals surface area contributed by atoms with E-state index in [0.717, 1.165) is 17.2 Å². The molecule has 0 fully saturated rings. The molecule has 0 saturated carbocycles. The molecule has 0 radical (unpaired) electrons. The summed E-state index contributed by atoms with van der Waals surface area (Å²) in [4.78, 5) is 8.89. The van der Waals surface area contributed by atoms with Gasteiger partial charge in [-0.25, -0.2) is 4.98 Å². The number of anilines is 3. The molecule has 0 spiro atoms. The normalized spacial score (nSPS) is 10.0. The SMILES string of the molecule is Cc1cc(NCc2ccccc2)nc(Nc2ccc(C#N)cc2)n1. The molecule has 1 aromatic heterocycles. The van der Waals surface area contributed by atoms with E-state index < -0.39 is 0 Å². The van der Waals surface area contributed by atoms with Crippen LogP contribution >= 0.6 is 0 Å². The van der Waals surface area contributed by atoms with Crippen molar-refractivity contribution in [3.05, 3.63) is 77.5 Å². The lowest BCUT2D eigenvalue weighted by molar-refractivity contribution is 1.06. The van der Waals surface area contributed by atoms with Crippen molar-refractivity contribution in [2.75, 3.05) is 10.6 Å². The van der Waals surface area contributed by atoms with Gasteiger partial charge in [-0.15, -0.1) is 0 Å². The summed E-state index contributed by atoms with van der Waals surface area (Å²) in [7, 11) is 0. The van der Waals surface area contributed by atoms with Crippen molar-refractivity contribution in [3.8, 4) is 6.07 Å². The van der Waals surface area contributed by atoms with Crippen molar-refractivity contribution in [1.29, 1.82) is 5.26 Å². The molecule has 0 aliphatic carbocycles. The van der Waals surface area contributed by atoms with Crippen LogP contribution in [0.25, 0.3) is 0 Å². The van der Waals surface area contributed by atoms with E-state index in [2.05, 4.69) is 38.8 Å². The summed E-state index contributed by atoms with van der Waals surface area (Å²) in [5.74, 6) is 1.29. The lowest BCUT2D eigenvalue weighted by atomic mass is 10.2. The first-order valence-corrected chi connectivity index (χ1v) is 7.63. The monoisotopic (exact) mass is 315 g/mol. The van der Waals surface area contributed by atoms with Crippen molar-refractivity contribution in [2.45, 2.75) is 13.5 Å². The van der Waals surface area contributed by atoms with Crippen LogP contribution in [0.1, 0.15) is 16.8 Å². The minimum Gasteiger partial charge on any atom is -0.366 e. The fraction of sp³-hybridized carbons (Fsp3) is 0.105. The van der Waals surface area contributed by atoms with Gasteiger partial charge in [0, 0.05) is 24.0 Å². The van der Waals surface area contributed by atoms with Gasteiger partial charge < -0.3 is 10.6 Å². The number of rotatable bonds is 5. The summed E-state index contributed by atoms with van der Waals surface area (Å²) in [6, 6.07) is 21.4. The summed E-state index contributed by atoms with van der Waals surface area (Å²) in [5.41, 5.74) is 3.52. The maximum Gasteiger partial charge on any atom is 0.229 e. The van der Waals surface area contributed by atoms with Crippen molar-refractivity contribution < 1.29 is 0 Å². The van der Waals surface area contributed by atoms with E-state index in [1.807, 2.05) is 43.3 Å². The van der Waals surface area contributed by atoms with Crippen LogP contribution in [0.15, 0.2) is 60.7 Å². The summed E-state index contributed by atoms with van der Waals surface area (Å²) >= 11 is 0. The summed E-state index contributed by atoms with van der Waals surface area (Å²) < 4.78 is 0. The second-order valence-electron chi connectivity index (χ2n) is 5.37. The molecule has 0 saturated heterocycles. The maximum absolute atomic E-state index is 8.84. The van der Waals surface area contributed by atoms with E-state index in [1.165, 1.54) is 5.56 Å². The van der Waals surface area contributed by atoms with E-state index in [4.69, 9.17) is 5.26 Å². The molecule has 3 rings (SSSR count). The van der Waals surface area contributed by atoms with Crippen molar-refractivity contribution in [1.82, 2.24) is 9.97 Å². The predicted molar refractivity (Wildman–Crippen MR) is 95.0 cm³/mol. The molecule has 3 aromatic rings. The molecule has 24 heavy (non-hydrogen) atoms. The van der Waals surface area contributed by atoms with E-state index in [0.29, 0.717) is 18.1 Å². The first-order valence-electron chi connectivity index (χ1n) is 7.63. The molecule has 0 aliphatic rings. The highest BCUT2D eigenvalue weighted by Gasteiger charge is 2.03. The third kappa shape index (κ3) is 4.08. The molecule has 0 bridgehead atoms. The molecule has 0 unspecified atom stereocenters. The van der Waals surface area contributed by atoms with Crippen molar-refractivity contribution in [2.24, 2.45) is 0 Å². The number of benzene rings is 2. The average Bonchev–Trinajstić information content (AvgIpc) is 2.61. The Hall–Kier alpha value is -3.39. The number of hydrogen-bond donors (Lipinski definition) is 2. The molecule has 2 aromatic carbocycles. The Bertz CT molecular complexity index is 851. The highest BCUT2D eigenvalue weighted by molar-refractivity contribution is 5.56. The number of aryl methyl sites for hydroxylation is 1. The molecule has 0 atom stereocenters. The number of nitrogens with zero attached hydrogens (tertiary/aromatic N) is 3. The quantitative estimate of drug-likeness (QED) is 0.744. The summed E-state index contributed by atoms with van der Waals surface area (Å²) in [6.45, 7) is 2.63. The molecule has 118 valence electrons. The zero-order chi connectivity index (χ0) is 16.8. The van der Waals surface area contributed by atoms with Gasteiger partial charge >= 0.3 is 0 Å². The van der Waals surface area contributed by atoms with Crippen LogP contribution in [0.3, 0.4) is 0 Å². The molecule has 1 heterocycles. The van der Waals surface area contributed by atoms with Gasteiger partial charge in [-0.1, -0.05) is 30.3 Å². The molecule has 0 amide bonds. The smallest absolute Gasteiger partial charge is 0.229 e. The van der Waals surface area contributed by atoms with Crippen LogP contribution in [0.4, 0.5) is 17.5 Å². The molecule has 5 nitrogen and oxygen atoms in total. The molecule has 2 N–H and O–H groups in total. The Labute approximate surface area is 141 Å². The molecule has 5 heteroatoms. The molecular formula is C19H17N5. The second-order valence-corrected chi connectivity index (χ2v) is 5.37. The lowest BCUT2D eigenvalue weighted by Gasteiger charge is -2.10. The first-order chi connectivity index (χ1) is 11.7. The highest BCUT2D eigenvalue weighted by Crippen LogP contribution is 2.17. The highest BCUT2D eigenvalue weighted by atomic mass is 15.1. The van der Waals surface area contributed by atoms with Gasteiger partial charge in [-0.3, -0.25) is 0 Å². The first kappa shape index (κ1) is 15.5. The topological polar surface area (TPSA) is 73.6 Å². The Kier molecular flexibility index (Phi) is 4.68. The Morgan fingerprint density at radius 2 is 1.75 bits per heavy atom. The number of nitriles is 1. The third-order valence-corrected chi connectivity index (χ3v) is 3.44. The zero-order valence-electron chi connectivity index (χ0n) is 13.3. The van der Waals surface area contributed by atoms with Gasteiger partial charge in [0.05, 0.1) is 11.6 Å². The Morgan fingerprint density at radius 1 is 1.00 bits per heavy atom. The fourth-order valence-corrected chi connectivity index (χ4v) is 2.26. The van der Waals surface area contributed by atoms with Crippen LogP contribution in [0.5, 0.6) is 0 Å². The van der Waals surface area contributed by atoms with Crippen LogP contribution < -0.4 is 10.6 Å². The minimum absolute atomic E-state index is 0.523.